The van der Waals surface area contributed by atoms with E-state index < -0.39 is 0 Å². The summed E-state index contributed by atoms with van der Waals surface area (Å²) in [5.41, 5.74) is 9.87. The number of benzene rings is 1. The van der Waals surface area contributed by atoms with E-state index in [-0.39, 0.29) is 0 Å². The first kappa shape index (κ1) is 12.0. The van der Waals surface area contributed by atoms with E-state index in [1.54, 1.807) is 0 Å². The molecule has 1 unspecified atom stereocenters. The third-order valence-corrected chi connectivity index (χ3v) is 4.28. The highest BCUT2D eigenvalue weighted by molar-refractivity contribution is 5.51. The Morgan fingerprint density at radius 1 is 1.22 bits per heavy atom. The zero-order valence-corrected chi connectivity index (χ0v) is 10.9. The van der Waals surface area contributed by atoms with Gasteiger partial charge in [-0.3, -0.25) is 4.90 Å². The van der Waals surface area contributed by atoms with Crippen molar-refractivity contribution >= 4 is 5.69 Å². The van der Waals surface area contributed by atoms with Gasteiger partial charge in [0.05, 0.1) is 0 Å². The van der Waals surface area contributed by atoms with Gasteiger partial charge >= 0.3 is 0 Å². The Labute approximate surface area is 109 Å². The number of rotatable bonds is 1. The minimum absolute atomic E-state index is 0.681. The number of nitrogen functional groups attached to an aromatic ring is 1. The van der Waals surface area contributed by atoms with Crippen LogP contribution in [0.5, 0.6) is 0 Å². The van der Waals surface area contributed by atoms with Crippen molar-refractivity contribution < 1.29 is 4.74 Å². The van der Waals surface area contributed by atoms with E-state index in [1.807, 2.05) is 6.07 Å². The van der Waals surface area contributed by atoms with E-state index in [0.717, 1.165) is 31.9 Å². The maximum atomic E-state index is 6.11. The molecule has 0 saturated carbocycles. The van der Waals surface area contributed by atoms with Crippen molar-refractivity contribution in [2.24, 2.45) is 0 Å². The molecule has 1 aromatic rings. The number of ether oxygens (including phenoxy) is 1. The van der Waals surface area contributed by atoms with Crippen LogP contribution in [0.25, 0.3) is 0 Å². The summed E-state index contributed by atoms with van der Waals surface area (Å²) in [5, 5.41) is 0. The van der Waals surface area contributed by atoms with Crippen molar-refractivity contribution in [2.45, 2.75) is 38.3 Å². The zero-order chi connectivity index (χ0) is 12.4. The molecule has 3 heteroatoms. The smallest absolute Gasteiger partial charge is 0.0480 e. The Bertz CT molecular complexity index is 411. The van der Waals surface area contributed by atoms with Gasteiger partial charge in [-0.2, -0.15) is 0 Å². The number of hydrogen-bond acceptors (Lipinski definition) is 3. The van der Waals surface area contributed by atoms with E-state index in [4.69, 9.17) is 10.5 Å². The molecule has 2 aliphatic rings. The molecule has 1 saturated heterocycles. The predicted octanol–water partition coefficient (Wildman–Crippen LogP) is 2.20. The van der Waals surface area contributed by atoms with Crippen LogP contribution in [0.15, 0.2) is 18.2 Å². The third-order valence-electron chi connectivity index (χ3n) is 4.28. The fraction of sp³-hybridized carbons (Fsp3) is 0.600. The SMILES string of the molecule is Nc1cccc2c1CN(C1CCCOCC1)CC2. The Morgan fingerprint density at radius 3 is 3.11 bits per heavy atom. The van der Waals surface area contributed by atoms with Gasteiger partial charge in [0.2, 0.25) is 0 Å². The van der Waals surface area contributed by atoms with Crippen molar-refractivity contribution in [2.75, 3.05) is 25.5 Å². The lowest BCUT2D eigenvalue weighted by atomic mass is 9.95. The highest BCUT2D eigenvalue weighted by Crippen LogP contribution is 2.27. The molecular weight excluding hydrogens is 224 g/mol. The molecule has 0 aromatic heterocycles. The second kappa shape index (κ2) is 5.29. The summed E-state index contributed by atoms with van der Waals surface area (Å²) in [5.74, 6) is 0. The number of nitrogens with two attached hydrogens (primary N) is 1. The minimum Gasteiger partial charge on any atom is -0.398 e. The van der Waals surface area contributed by atoms with Gasteiger partial charge in [0.25, 0.3) is 0 Å². The van der Waals surface area contributed by atoms with Crippen LogP contribution in [0.4, 0.5) is 5.69 Å². The van der Waals surface area contributed by atoms with Crippen LogP contribution in [0.2, 0.25) is 0 Å². The first-order valence-corrected chi connectivity index (χ1v) is 7.02. The van der Waals surface area contributed by atoms with E-state index in [2.05, 4.69) is 17.0 Å². The summed E-state index contributed by atoms with van der Waals surface area (Å²) in [4.78, 5) is 2.60. The molecule has 3 rings (SSSR count). The van der Waals surface area contributed by atoms with Crippen molar-refractivity contribution in [1.29, 1.82) is 0 Å². The maximum absolute atomic E-state index is 6.11. The lowest BCUT2D eigenvalue weighted by Crippen LogP contribution is -2.39. The molecule has 98 valence electrons. The minimum atomic E-state index is 0.681. The Balaban J connectivity index is 1.75. The Morgan fingerprint density at radius 2 is 2.17 bits per heavy atom. The number of nitrogens with zero attached hydrogens (tertiary/aromatic N) is 1. The fourth-order valence-electron chi connectivity index (χ4n) is 3.19. The highest BCUT2D eigenvalue weighted by Gasteiger charge is 2.25. The van der Waals surface area contributed by atoms with Gasteiger partial charge in [-0.05, 0) is 42.9 Å². The molecule has 1 fully saturated rings. The summed E-state index contributed by atoms with van der Waals surface area (Å²) in [6, 6.07) is 7.00. The van der Waals surface area contributed by atoms with Crippen LogP contribution in [-0.2, 0) is 17.7 Å². The van der Waals surface area contributed by atoms with Crippen molar-refractivity contribution in [3.63, 3.8) is 0 Å². The van der Waals surface area contributed by atoms with Crippen LogP contribution in [0.1, 0.15) is 30.4 Å². The second-order valence-electron chi connectivity index (χ2n) is 5.40. The van der Waals surface area contributed by atoms with Gasteiger partial charge in [-0.1, -0.05) is 12.1 Å². The predicted molar refractivity (Wildman–Crippen MR) is 73.4 cm³/mol. The Hall–Kier alpha value is -1.06. The lowest BCUT2D eigenvalue weighted by Gasteiger charge is -2.35. The number of anilines is 1. The summed E-state index contributed by atoms with van der Waals surface area (Å²) in [6.45, 7) is 4.04. The molecule has 2 heterocycles. The highest BCUT2D eigenvalue weighted by atomic mass is 16.5. The standard InChI is InChI=1S/C15H22N2O/c16-15-5-1-3-12-6-8-17(11-14(12)15)13-4-2-9-18-10-7-13/h1,3,5,13H,2,4,6-11,16H2. The molecule has 0 aliphatic carbocycles. The summed E-state index contributed by atoms with van der Waals surface area (Å²) in [6.07, 6.45) is 4.76. The van der Waals surface area contributed by atoms with Gasteiger partial charge in [0.15, 0.2) is 0 Å². The molecule has 2 N–H and O–H groups in total. The molecule has 1 atom stereocenters. The van der Waals surface area contributed by atoms with Crippen LogP contribution in [0.3, 0.4) is 0 Å². The van der Waals surface area contributed by atoms with E-state index in [1.165, 1.54) is 36.9 Å². The molecule has 18 heavy (non-hydrogen) atoms. The number of hydrogen-bond donors (Lipinski definition) is 1. The van der Waals surface area contributed by atoms with Gasteiger partial charge < -0.3 is 10.5 Å². The van der Waals surface area contributed by atoms with Crippen LogP contribution >= 0.6 is 0 Å². The average Bonchev–Trinajstić information content (AvgIpc) is 2.68. The van der Waals surface area contributed by atoms with Crippen molar-refractivity contribution in [3.8, 4) is 0 Å². The monoisotopic (exact) mass is 246 g/mol. The summed E-state index contributed by atoms with van der Waals surface area (Å²) >= 11 is 0. The molecule has 3 nitrogen and oxygen atoms in total. The molecule has 1 aromatic carbocycles. The van der Waals surface area contributed by atoms with Crippen LogP contribution < -0.4 is 5.73 Å². The fourth-order valence-corrected chi connectivity index (χ4v) is 3.19. The number of fused-ring (bicyclic) bond motifs is 1. The first-order chi connectivity index (χ1) is 8.84. The van der Waals surface area contributed by atoms with Gasteiger partial charge in [-0.25, -0.2) is 0 Å². The molecule has 0 spiro atoms. The molecule has 0 bridgehead atoms. The zero-order valence-electron chi connectivity index (χ0n) is 10.9. The molecule has 0 radical (unpaired) electrons. The van der Waals surface area contributed by atoms with Crippen molar-refractivity contribution in [1.82, 2.24) is 4.90 Å². The van der Waals surface area contributed by atoms with E-state index in [9.17, 15) is 0 Å². The van der Waals surface area contributed by atoms with Crippen molar-refractivity contribution in [3.05, 3.63) is 29.3 Å². The first-order valence-electron chi connectivity index (χ1n) is 7.02. The topological polar surface area (TPSA) is 38.5 Å². The molecular formula is C15H22N2O. The quantitative estimate of drug-likeness (QED) is 0.772. The Kier molecular flexibility index (Phi) is 3.52. The molecule has 0 amide bonds. The normalized spacial score (nSPS) is 25.4. The van der Waals surface area contributed by atoms with Crippen LogP contribution in [0, 0.1) is 0 Å². The van der Waals surface area contributed by atoms with Gasteiger partial charge in [-0.15, -0.1) is 0 Å². The lowest BCUT2D eigenvalue weighted by molar-refractivity contribution is 0.124. The van der Waals surface area contributed by atoms with E-state index >= 15 is 0 Å². The maximum Gasteiger partial charge on any atom is 0.0480 e. The van der Waals surface area contributed by atoms with Gasteiger partial charge in [0, 0.05) is 38.0 Å². The second-order valence-corrected chi connectivity index (χ2v) is 5.40. The molecule has 2 aliphatic heterocycles. The summed E-state index contributed by atoms with van der Waals surface area (Å²) < 4.78 is 5.56. The van der Waals surface area contributed by atoms with Crippen LogP contribution in [-0.4, -0.2) is 30.7 Å². The van der Waals surface area contributed by atoms with E-state index in [0.29, 0.717) is 6.04 Å². The van der Waals surface area contributed by atoms with Gasteiger partial charge in [0.1, 0.15) is 0 Å². The largest absolute Gasteiger partial charge is 0.398 e. The average molecular weight is 246 g/mol. The summed E-state index contributed by atoms with van der Waals surface area (Å²) in [7, 11) is 0. The third kappa shape index (κ3) is 2.38.